The van der Waals surface area contributed by atoms with E-state index in [-0.39, 0.29) is 18.9 Å². The second-order valence-electron chi connectivity index (χ2n) is 5.25. The third-order valence-electron chi connectivity index (χ3n) is 3.56. The molecule has 0 saturated carbocycles. The van der Waals surface area contributed by atoms with Crippen LogP contribution < -0.4 is 14.8 Å². The molecule has 1 N–H and O–H groups in total. The molecule has 132 valence electrons. The van der Waals surface area contributed by atoms with Gasteiger partial charge < -0.3 is 19.5 Å². The van der Waals surface area contributed by atoms with E-state index in [1.54, 1.807) is 18.2 Å². The van der Waals surface area contributed by atoms with Gasteiger partial charge in [-0.15, -0.1) is 0 Å². The van der Waals surface area contributed by atoms with Crippen molar-refractivity contribution in [2.45, 2.75) is 12.5 Å². The molecule has 2 aromatic rings. The molecule has 0 aliphatic carbocycles. The molecule has 0 bridgehead atoms. The normalized spacial score (nSPS) is 11.3. The molecular formula is C19H21NO5. The first-order chi connectivity index (χ1) is 12.1. The smallest absolute Gasteiger partial charge is 0.307 e. The highest BCUT2D eigenvalue weighted by Crippen LogP contribution is 2.25. The Balaban J connectivity index is 2.00. The zero-order valence-electron chi connectivity index (χ0n) is 14.2. The molecule has 1 unspecified atom stereocenters. The van der Waals surface area contributed by atoms with E-state index < -0.39 is 12.0 Å². The summed E-state index contributed by atoms with van der Waals surface area (Å²) in [4.78, 5) is 23.9. The molecule has 0 aliphatic heterocycles. The zero-order chi connectivity index (χ0) is 18.1. The number of benzene rings is 2. The van der Waals surface area contributed by atoms with E-state index in [2.05, 4.69) is 5.32 Å². The summed E-state index contributed by atoms with van der Waals surface area (Å²) >= 11 is 0. The molecular weight excluding hydrogens is 322 g/mol. The van der Waals surface area contributed by atoms with E-state index in [9.17, 15) is 9.59 Å². The average molecular weight is 343 g/mol. The third kappa shape index (κ3) is 5.53. The van der Waals surface area contributed by atoms with Gasteiger partial charge in [0.1, 0.15) is 0 Å². The first-order valence-electron chi connectivity index (χ1n) is 7.81. The van der Waals surface area contributed by atoms with Gasteiger partial charge in [0, 0.05) is 0 Å². The highest BCUT2D eigenvalue weighted by molar-refractivity contribution is 5.79. The molecule has 0 fully saturated rings. The Morgan fingerprint density at radius 3 is 2.24 bits per heavy atom. The summed E-state index contributed by atoms with van der Waals surface area (Å²) in [5.41, 5.74) is 0.818. The number of esters is 1. The number of hydrogen-bond acceptors (Lipinski definition) is 5. The minimum absolute atomic E-state index is 0.0426. The molecule has 25 heavy (non-hydrogen) atoms. The van der Waals surface area contributed by atoms with E-state index in [1.807, 2.05) is 36.4 Å². The van der Waals surface area contributed by atoms with Crippen LogP contribution in [0, 0.1) is 0 Å². The summed E-state index contributed by atoms with van der Waals surface area (Å²) in [6.07, 6.45) is 0.0426. The number of amides is 1. The van der Waals surface area contributed by atoms with Crippen LogP contribution in [0.1, 0.15) is 18.0 Å². The maximum absolute atomic E-state index is 12.2. The monoisotopic (exact) mass is 343 g/mol. The number of para-hydroxylation sites is 2. The van der Waals surface area contributed by atoms with E-state index in [0.29, 0.717) is 11.5 Å². The second kappa shape index (κ2) is 9.32. The third-order valence-corrected chi connectivity index (χ3v) is 3.56. The zero-order valence-corrected chi connectivity index (χ0v) is 14.2. The van der Waals surface area contributed by atoms with Crippen LogP contribution in [0.5, 0.6) is 11.5 Å². The van der Waals surface area contributed by atoms with Gasteiger partial charge in [0.05, 0.1) is 26.7 Å². The molecule has 2 aromatic carbocycles. The summed E-state index contributed by atoms with van der Waals surface area (Å²) in [6.45, 7) is -0.190. The Morgan fingerprint density at radius 1 is 0.960 bits per heavy atom. The SMILES string of the molecule is COC(=O)CC(NC(=O)COc1ccccc1OC)c1ccccc1. The molecule has 2 rings (SSSR count). The molecule has 0 saturated heterocycles. The van der Waals surface area contributed by atoms with Gasteiger partial charge >= 0.3 is 5.97 Å². The van der Waals surface area contributed by atoms with Crippen molar-refractivity contribution in [3.05, 3.63) is 60.2 Å². The largest absolute Gasteiger partial charge is 0.493 e. The number of nitrogens with one attached hydrogen (secondary N) is 1. The van der Waals surface area contributed by atoms with Crippen LogP contribution in [-0.4, -0.2) is 32.7 Å². The first kappa shape index (κ1) is 18.3. The number of hydrogen-bond donors (Lipinski definition) is 1. The quantitative estimate of drug-likeness (QED) is 0.746. The topological polar surface area (TPSA) is 73.9 Å². The van der Waals surface area contributed by atoms with Gasteiger partial charge in [0.25, 0.3) is 5.91 Å². The standard InChI is InChI=1S/C19H21NO5/c1-23-16-10-6-7-11-17(16)25-13-18(21)20-15(12-19(22)24-2)14-8-4-3-5-9-14/h3-11,15H,12-13H2,1-2H3,(H,20,21). The second-order valence-corrected chi connectivity index (χ2v) is 5.25. The van der Waals surface area contributed by atoms with Gasteiger partial charge in [-0.3, -0.25) is 9.59 Å². The lowest BCUT2D eigenvalue weighted by Gasteiger charge is -2.18. The van der Waals surface area contributed by atoms with Crippen molar-refractivity contribution >= 4 is 11.9 Å². The summed E-state index contributed by atoms with van der Waals surface area (Å²) < 4.78 is 15.4. The van der Waals surface area contributed by atoms with Crippen molar-refractivity contribution in [1.82, 2.24) is 5.32 Å². The van der Waals surface area contributed by atoms with Crippen molar-refractivity contribution in [3.63, 3.8) is 0 Å². The van der Waals surface area contributed by atoms with Crippen LogP contribution in [0.25, 0.3) is 0 Å². The molecule has 0 spiro atoms. The van der Waals surface area contributed by atoms with Crippen LogP contribution >= 0.6 is 0 Å². The number of ether oxygens (including phenoxy) is 3. The minimum atomic E-state index is -0.484. The van der Waals surface area contributed by atoms with Crippen molar-refractivity contribution in [2.75, 3.05) is 20.8 Å². The van der Waals surface area contributed by atoms with Crippen molar-refractivity contribution in [2.24, 2.45) is 0 Å². The molecule has 0 heterocycles. The van der Waals surface area contributed by atoms with Crippen molar-refractivity contribution < 1.29 is 23.8 Å². The lowest BCUT2D eigenvalue weighted by atomic mass is 10.0. The first-order valence-corrected chi connectivity index (χ1v) is 7.81. The number of carbonyl (C=O) groups is 2. The number of rotatable bonds is 8. The number of methoxy groups -OCH3 is 2. The van der Waals surface area contributed by atoms with Crippen LogP contribution in [-0.2, 0) is 14.3 Å². The van der Waals surface area contributed by atoms with E-state index in [1.165, 1.54) is 14.2 Å². The Labute approximate surface area is 146 Å². The molecule has 1 amide bonds. The lowest BCUT2D eigenvalue weighted by molar-refractivity contribution is -0.141. The van der Waals surface area contributed by atoms with Gasteiger partial charge in [-0.05, 0) is 17.7 Å². The molecule has 0 aromatic heterocycles. The Kier molecular flexibility index (Phi) is 6.83. The molecule has 0 radical (unpaired) electrons. The summed E-state index contributed by atoms with van der Waals surface area (Å²) in [5.74, 6) is 0.275. The van der Waals surface area contributed by atoms with Crippen molar-refractivity contribution in [1.29, 1.82) is 0 Å². The van der Waals surface area contributed by atoms with Gasteiger partial charge in [-0.1, -0.05) is 42.5 Å². The highest BCUT2D eigenvalue weighted by Gasteiger charge is 2.19. The van der Waals surface area contributed by atoms with Gasteiger partial charge in [-0.25, -0.2) is 0 Å². The van der Waals surface area contributed by atoms with Crippen LogP contribution in [0.3, 0.4) is 0 Å². The number of carbonyl (C=O) groups excluding carboxylic acids is 2. The lowest BCUT2D eigenvalue weighted by Crippen LogP contribution is -2.34. The minimum Gasteiger partial charge on any atom is -0.493 e. The van der Waals surface area contributed by atoms with Crippen LogP contribution in [0.2, 0.25) is 0 Å². The predicted octanol–water partition coefficient (Wildman–Crippen LogP) is 2.49. The van der Waals surface area contributed by atoms with Gasteiger partial charge in [-0.2, -0.15) is 0 Å². The Hall–Kier alpha value is -3.02. The molecule has 6 heteroatoms. The van der Waals surface area contributed by atoms with Crippen LogP contribution in [0.4, 0.5) is 0 Å². The highest BCUT2D eigenvalue weighted by atomic mass is 16.5. The van der Waals surface area contributed by atoms with Crippen molar-refractivity contribution in [3.8, 4) is 11.5 Å². The maximum atomic E-state index is 12.2. The molecule has 1 atom stereocenters. The molecule has 6 nitrogen and oxygen atoms in total. The van der Waals surface area contributed by atoms with Crippen LogP contribution in [0.15, 0.2) is 54.6 Å². The summed E-state index contributed by atoms with van der Waals surface area (Å²) in [6, 6.07) is 15.8. The summed E-state index contributed by atoms with van der Waals surface area (Å²) in [7, 11) is 2.85. The average Bonchev–Trinajstić information content (AvgIpc) is 2.66. The summed E-state index contributed by atoms with van der Waals surface area (Å²) in [5, 5.41) is 2.80. The van der Waals surface area contributed by atoms with Gasteiger partial charge in [0.15, 0.2) is 18.1 Å². The Bertz CT molecular complexity index is 702. The molecule has 0 aliphatic rings. The Morgan fingerprint density at radius 2 is 1.60 bits per heavy atom. The van der Waals surface area contributed by atoms with E-state index in [4.69, 9.17) is 14.2 Å². The van der Waals surface area contributed by atoms with E-state index >= 15 is 0 Å². The fourth-order valence-corrected chi connectivity index (χ4v) is 2.30. The predicted molar refractivity (Wildman–Crippen MR) is 92.4 cm³/mol. The van der Waals surface area contributed by atoms with Gasteiger partial charge in [0.2, 0.25) is 0 Å². The van der Waals surface area contributed by atoms with E-state index in [0.717, 1.165) is 5.56 Å². The fourth-order valence-electron chi connectivity index (χ4n) is 2.30. The maximum Gasteiger partial charge on any atom is 0.307 e. The fraction of sp³-hybridized carbons (Fsp3) is 0.263.